The second-order valence-corrected chi connectivity index (χ2v) is 5.97. The fraction of sp³-hybridized carbons (Fsp3) is 0.562. The minimum absolute atomic E-state index is 0.474. The zero-order chi connectivity index (χ0) is 13.9. The topological polar surface area (TPSA) is 21.1 Å². The summed E-state index contributed by atoms with van der Waals surface area (Å²) in [4.78, 5) is 7.24. The van der Waals surface area contributed by atoms with Crippen molar-refractivity contribution in [2.24, 2.45) is 0 Å². The Morgan fingerprint density at radius 2 is 1.95 bits per heavy atom. The van der Waals surface area contributed by atoms with Crippen molar-refractivity contribution in [2.45, 2.75) is 44.7 Å². The molecule has 0 bridgehead atoms. The van der Waals surface area contributed by atoms with Crippen LogP contribution >= 0.6 is 11.6 Å². The van der Waals surface area contributed by atoms with E-state index in [1.807, 2.05) is 6.07 Å². The number of para-hydroxylation sites is 2. The summed E-state index contributed by atoms with van der Waals surface area (Å²) in [6.07, 6.45) is 4.04. The number of piperidine rings is 1. The number of benzene rings is 1. The van der Waals surface area contributed by atoms with Gasteiger partial charge in [-0.2, -0.15) is 0 Å². The molecule has 1 aliphatic rings. The molecule has 0 N–H and O–H groups in total. The molecule has 0 saturated carbocycles. The molecule has 2 heterocycles. The van der Waals surface area contributed by atoms with Gasteiger partial charge in [-0.1, -0.05) is 18.6 Å². The molecule has 3 rings (SSSR count). The number of hydrogen-bond acceptors (Lipinski definition) is 2. The lowest BCUT2D eigenvalue weighted by atomic mass is 10.1. The Morgan fingerprint density at radius 1 is 1.20 bits per heavy atom. The van der Waals surface area contributed by atoms with Crippen molar-refractivity contribution >= 4 is 22.6 Å². The number of halogens is 1. The van der Waals surface area contributed by atoms with Crippen LogP contribution in [0.15, 0.2) is 24.3 Å². The molecule has 1 saturated heterocycles. The van der Waals surface area contributed by atoms with Gasteiger partial charge in [0.05, 0.1) is 16.9 Å². The normalized spacial score (nSPS) is 18.5. The minimum Gasteiger partial charge on any atom is -0.325 e. The Kier molecular flexibility index (Phi) is 4.27. The van der Waals surface area contributed by atoms with Crippen LogP contribution in [0.3, 0.4) is 0 Å². The van der Waals surface area contributed by atoms with Gasteiger partial charge in [-0.25, -0.2) is 4.98 Å². The van der Waals surface area contributed by atoms with Crippen LogP contribution in [0, 0.1) is 0 Å². The Balaban J connectivity index is 1.85. The predicted octanol–water partition coefficient (Wildman–Crippen LogP) is 3.65. The van der Waals surface area contributed by atoms with Crippen molar-refractivity contribution in [3.8, 4) is 0 Å². The lowest BCUT2D eigenvalue weighted by Gasteiger charge is -2.32. The standard InChI is InChI=1S/C16H22ClN3/c1-13(19-9-5-2-6-10-19)12-20-15-8-4-3-7-14(15)18-16(20)11-17/h3-4,7-8,13H,2,5-6,9-12H2,1H3. The van der Waals surface area contributed by atoms with Crippen molar-refractivity contribution < 1.29 is 0 Å². The van der Waals surface area contributed by atoms with Gasteiger partial charge < -0.3 is 4.57 Å². The summed E-state index contributed by atoms with van der Waals surface area (Å²) >= 11 is 6.08. The van der Waals surface area contributed by atoms with Gasteiger partial charge in [-0.05, 0) is 45.0 Å². The van der Waals surface area contributed by atoms with Crippen LogP contribution in [0.5, 0.6) is 0 Å². The van der Waals surface area contributed by atoms with E-state index in [0.717, 1.165) is 17.9 Å². The second kappa shape index (κ2) is 6.15. The summed E-state index contributed by atoms with van der Waals surface area (Å²) in [7, 11) is 0. The van der Waals surface area contributed by atoms with Crippen LogP contribution in [0.4, 0.5) is 0 Å². The van der Waals surface area contributed by atoms with Crippen molar-refractivity contribution in [2.75, 3.05) is 13.1 Å². The molecular weight excluding hydrogens is 270 g/mol. The molecule has 1 aromatic heterocycles. The third-order valence-electron chi connectivity index (χ3n) is 4.31. The summed E-state index contributed by atoms with van der Waals surface area (Å²) in [5.41, 5.74) is 2.25. The first kappa shape index (κ1) is 13.9. The molecule has 1 aliphatic heterocycles. The van der Waals surface area contributed by atoms with E-state index in [1.54, 1.807) is 0 Å². The minimum atomic E-state index is 0.474. The van der Waals surface area contributed by atoms with Crippen LogP contribution in [0.2, 0.25) is 0 Å². The second-order valence-electron chi connectivity index (χ2n) is 5.71. The lowest BCUT2D eigenvalue weighted by Crippen LogP contribution is -2.40. The molecule has 1 aromatic carbocycles. The van der Waals surface area contributed by atoms with E-state index in [9.17, 15) is 0 Å². The Bertz CT molecular complexity index is 572. The summed E-state index contributed by atoms with van der Waals surface area (Å²) in [6.45, 7) is 5.74. The third-order valence-corrected chi connectivity index (χ3v) is 4.55. The SMILES string of the molecule is CC(Cn1c(CCl)nc2ccccc21)N1CCCCC1. The third kappa shape index (κ3) is 2.70. The number of aromatic nitrogens is 2. The van der Waals surface area contributed by atoms with Crippen molar-refractivity contribution in [3.63, 3.8) is 0 Å². The molecule has 0 amide bonds. The van der Waals surface area contributed by atoms with Gasteiger partial charge in [-0.15, -0.1) is 11.6 Å². The zero-order valence-electron chi connectivity index (χ0n) is 12.1. The molecule has 4 heteroatoms. The molecule has 0 radical (unpaired) electrons. The fourth-order valence-electron chi connectivity index (χ4n) is 3.17. The molecule has 0 spiro atoms. The molecule has 20 heavy (non-hydrogen) atoms. The predicted molar refractivity (Wildman–Crippen MR) is 84.2 cm³/mol. The van der Waals surface area contributed by atoms with Gasteiger partial charge in [0, 0.05) is 12.6 Å². The zero-order valence-corrected chi connectivity index (χ0v) is 12.8. The Morgan fingerprint density at radius 3 is 2.70 bits per heavy atom. The van der Waals surface area contributed by atoms with Gasteiger partial charge >= 0.3 is 0 Å². The van der Waals surface area contributed by atoms with E-state index in [2.05, 4.69) is 39.6 Å². The lowest BCUT2D eigenvalue weighted by molar-refractivity contribution is 0.160. The van der Waals surface area contributed by atoms with E-state index >= 15 is 0 Å². The highest BCUT2D eigenvalue weighted by Gasteiger charge is 2.19. The van der Waals surface area contributed by atoms with E-state index in [0.29, 0.717) is 11.9 Å². The van der Waals surface area contributed by atoms with Crippen LogP contribution in [0.25, 0.3) is 11.0 Å². The number of alkyl halides is 1. The summed E-state index contributed by atoms with van der Waals surface area (Å²) < 4.78 is 2.29. The van der Waals surface area contributed by atoms with Crippen LogP contribution in [-0.4, -0.2) is 33.6 Å². The van der Waals surface area contributed by atoms with Crippen molar-refractivity contribution in [1.29, 1.82) is 0 Å². The van der Waals surface area contributed by atoms with Gasteiger partial charge in [0.1, 0.15) is 5.82 Å². The van der Waals surface area contributed by atoms with E-state index < -0.39 is 0 Å². The first-order valence-corrected chi connectivity index (χ1v) is 8.07. The fourth-order valence-corrected chi connectivity index (χ4v) is 3.37. The number of likely N-dealkylation sites (tertiary alicyclic amines) is 1. The van der Waals surface area contributed by atoms with Gasteiger partial charge in [0.2, 0.25) is 0 Å². The molecule has 1 unspecified atom stereocenters. The number of nitrogens with zero attached hydrogens (tertiary/aromatic N) is 3. The molecule has 1 fully saturated rings. The van der Waals surface area contributed by atoms with Gasteiger partial charge in [-0.3, -0.25) is 4.90 Å². The van der Waals surface area contributed by atoms with Crippen molar-refractivity contribution in [1.82, 2.24) is 14.5 Å². The van der Waals surface area contributed by atoms with E-state index in [-0.39, 0.29) is 0 Å². The van der Waals surface area contributed by atoms with Crippen molar-refractivity contribution in [3.05, 3.63) is 30.1 Å². The molecule has 2 aromatic rings. The van der Waals surface area contributed by atoms with E-state index in [4.69, 9.17) is 11.6 Å². The monoisotopic (exact) mass is 291 g/mol. The maximum atomic E-state index is 6.08. The summed E-state index contributed by atoms with van der Waals surface area (Å²) in [5.74, 6) is 1.46. The highest BCUT2D eigenvalue weighted by atomic mass is 35.5. The van der Waals surface area contributed by atoms with Crippen LogP contribution in [0.1, 0.15) is 32.0 Å². The Labute approximate surface area is 125 Å². The maximum absolute atomic E-state index is 6.08. The Hall–Kier alpha value is -1.06. The number of hydrogen-bond donors (Lipinski definition) is 0. The average Bonchev–Trinajstić information content (AvgIpc) is 2.86. The smallest absolute Gasteiger partial charge is 0.124 e. The number of imidazole rings is 1. The molecule has 1 atom stereocenters. The number of rotatable bonds is 4. The average molecular weight is 292 g/mol. The van der Waals surface area contributed by atoms with Crippen LogP contribution < -0.4 is 0 Å². The quantitative estimate of drug-likeness (QED) is 0.802. The first-order valence-electron chi connectivity index (χ1n) is 7.54. The molecule has 3 nitrogen and oxygen atoms in total. The molecular formula is C16H22ClN3. The largest absolute Gasteiger partial charge is 0.325 e. The number of fused-ring (bicyclic) bond motifs is 1. The van der Waals surface area contributed by atoms with Crippen LogP contribution in [-0.2, 0) is 12.4 Å². The summed E-state index contributed by atoms with van der Waals surface area (Å²) in [5, 5.41) is 0. The molecule has 0 aliphatic carbocycles. The highest BCUT2D eigenvalue weighted by Crippen LogP contribution is 2.20. The molecule has 108 valence electrons. The van der Waals surface area contributed by atoms with E-state index in [1.165, 1.54) is 37.9 Å². The highest BCUT2D eigenvalue weighted by molar-refractivity contribution is 6.16. The maximum Gasteiger partial charge on any atom is 0.124 e. The van der Waals surface area contributed by atoms with Gasteiger partial charge in [0.15, 0.2) is 0 Å². The first-order chi connectivity index (χ1) is 9.79. The van der Waals surface area contributed by atoms with Gasteiger partial charge in [0.25, 0.3) is 0 Å². The summed E-state index contributed by atoms with van der Waals surface area (Å²) in [6, 6.07) is 8.85.